The van der Waals surface area contributed by atoms with E-state index in [1.807, 2.05) is 18.2 Å². The number of aromatic nitrogens is 1. The second-order valence-corrected chi connectivity index (χ2v) is 8.88. The monoisotopic (exact) mass is 501 g/mol. The number of aryl methyl sites for hydroxylation is 1. The lowest BCUT2D eigenvalue weighted by atomic mass is 9.93. The van der Waals surface area contributed by atoms with Crippen LogP contribution in [0.5, 0.6) is 5.75 Å². The zero-order valence-corrected chi connectivity index (χ0v) is 19.9. The number of hydrogen-bond acceptors (Lipinski definition) is 7. The number of rotatable bonds is 3. The minimum Gasteiger partial charge on any atom is -0.497 e. The number of anilines is 1. The predicted octanol–water partition coefficient (Wildman–Crippen LogP) is 3.30. The summed E-state index contributed by atoms with van der Waals surface area (Å²) in [6.07, 6.45) is -3.84. The summed E-state index contributed by atoms with van der Waals surface area (Å²) in [6.45, 7) is 2.33. The largest absolute Gasteiger partial charge is 0.497 e. The summed E-state index contributed by atoms with van der Waals surface area (Å²) in [4.78, 5) is 21.7. The van der Waals surface area contributed by atoms with Crippen LogP contribution < -0.4 is 9.64 Å². The molecule has 3 heterocycles. The van der Waals surface area contributed by atoms with Crippen molar-refractivity contribution >= 4 is 34.2 Å². The molecule has 0 aliphatic carbocycles. The first-order chi connectivity index (χ1) is 17.0. The molecular weight excluding hydrogens is 475 g/mol. The molecule has 0 saturated carbocycles. The second-order valence-electron chi connectivity index (χ2n) is 8.88. The van der Waals surface area contributed by atoms with Crippen LogP contribution in [0.1, 0.15) is 24.1 Å². The third kappa shape index (κ3) is 4.65. The fourth-order valence-electron chi connectivity index (χ4n) is 4.83. The molecule has 4 rings (SSSR count). The molecule has 2 aliphatic rings. The Morgan fingerprint density at radius 3 is 2.50 bits per heavy atom. The number of nitrogens with one attached hydrogen (secondary N) is 2. The average Bonchev–Trinajstić information content (AvgIpc) is 2.86. The number of amidine groups is 2. The highest BCUT2D eigenvalue weighted by molar-refractivity contribution is 6.03. The number of halogens is 3. The van der Waals surface area contributed by atoms with Crippen molar-refractivity contribution in [2.24, 2.45) is 5.92 Å². The summed E-state index contributed by atoms with van der Waals surface area (Å²) in [6, 6.07) is 7.76. The number of methoxy groups -OCH3 is 1. The van der Waals surface area contributed by atoms with Crippen LogP contribution in [0.3, 0.4) is 0 Å². The van der Waals surface area contributed by atoms with Crippen LogP contribution in [0.15, 0.2) is 18.2 Å². The lowest BCUT2D eigenvalue weighted by Crippen LogP contribution is -2.57. The van der Waals surface area contributed by atoms with Crippen molar-refractivity contribution < 1.29 is 22.7 Å². The van der Waals surface area contributed by atoms with E-state index in [1.54, 1.807) is 14.0 Å². The number of benzene rings is 1. The Bertz CT molecular complexity index is 1260. The number of nitriles is 1. The number of pyridine rings is 1. The molecule has 2 N–H and O–H groups in total. The number of carbonyl (C=O) groups excluding carboxylic acids is 1. The molecule has 9 nitrogen and oxygen atoms in total. The molecule has 1 amide bonds. The van der Waals surface area contributed by atoms with Crippen molar-refractivity contribution in [2.75, 3.05) is 44.7 Å². The van der Waals surface area contributed by atoms with Crippen molar-refractivity contribution in [3.63, 3.8) is 0 Å². The summed E-state index contributed by atoms with van der Waals surface area (Å²) < 4.78 is 44.0. The maximum atomic E-state index is 13.1. The van der Waals surface area contributed by atoms with Gasteiger partial charge in [0.15, 0.2) is 0 Å². The maximum Gasteiger partial charge on any atom is 0.449 e. The summed E-state index contributed by atoms with van der Waals surface area (Å²) in [7, 11) is 1.57. The van der Waals surface area contributed by atoms with Crippen molar-refractivity contribution in [1.29, 1.82) is 16.1 Å². The highest BCUT2D eigenvalue weighted by Gasteiger charge is 2.42. The Morgan fingerprint density at radius 2 is 1.92 bits per heavy atom. The fourth-order valence-corrected chi connectivity index (χ4v) is 4.83. The first kappa shape index (κ1) is 25.2. The number of carbonyl (C=O) groups is 1. The molecule has 1 aromatic carbocycles. The highest BCUT2D eigenvalue weighted by Crippen LogP contribution is 2.36. The van der Waals surface area contributed by atoms with Gasteiger partial charge in [0, 0.05) is 37.5 Å². The molecular formula is C24H26F3N7O2. The fraction of sp³-hybridized carbons (Fsp3) is 0.458. The molecule has 190 valence electrons. The Hall–Kier alpha value is -3.88. The van der Waals surface area contributed by atoms with Gasteiger partial charge in [-0.05, 0) is 38.0 Å². The molecule has 2 aromatic rings. The minimum absolute atomic E-state index is 0.0203. The average molecular weight is 502 g/mol. The van der Waals surface area contributed by atoms with Crippen molar-refractivity contribution in [3.8, 4) is 11.8 Å². The van der Waals surface area contributed by atoms with E-state index in [9.17, 15) is 23.2 Å². The van der Waals surface area contributed by atoms with Gasteiger partial charge >= 0.3 is 6.18 Å². The van der Waals surface area contributed by atoms with Crippen LogP contribution in [0.2, 0.25) is 0 Å². The van der Waals surface area contributed by atoms with Crippen LogP contribution in [0, 0.1) is 35.0 Å². The standard InChI is InChI=1S/C24H26F3N7O2/c1-14-18(12-28)21(17-11-16(36-2)3-4-19(17)31-14)32-7-5-15(6-8-32)22(35)33-9-10-34(20(29)13-33)23(30)24(25,26)27/h3-4,11,15,29-30H,5-10,13H2,1-2H3. The van der Waals surface area contributed by atoms with E-state index in [0.29, 0.717) is 47.8 Å². The summed E-state index contributed by atoms with van der Waals surface area (Å²) in [5.74, 6) is -1.89. The summed E-state index contributed by atoms with van der Waals surface area (Å²) >= 11 is 0. The molecule has 0 spiro atoms. The second kappa shape index (κ2) is 9.64. The smallest absolute Gasteiger partial charge is 0.449 e. The van der Waals surface area contributed by atoms with Gasteiger partial charge in [-0.2, -0.15) is 18.4 Å². The van der Waals surface area contributed by atoms with E-state index >= 15 is 0 Å². The number of amides is 1. The molecule has 2 fully saturated rings. The number of fused-ring (bicyclic) bond motifs is 1. The van der Waals surface area contributed by atoms with Gasteiger partial charge in [0.05, 0.1) is 36.1 Å². The Morgan fingerprint density at radius 1 is 1.22 bits per heavy atom. The quantitative estimate of drug-likeness (QED) is 0.492. The molecule has 2 saturated heterocycles. The van der Waals surface area contributed by atoms with Gasteiger partial charge < -0.3 is 19.4 Å². The zero-order chi connectivity index (χ0) is 26.2. The van der Waals surface area contributed by atoms with Gasteiger partial charge in [0.25, 0.3) is 0 Å². The molecule has 0 bridgehead atoms. The van der Waals surface area contributed by atoms with Crippen molar-refractivity contribution in [2.45, 2.75) is 25.9 Å². The maximum absolute atomic E-state index is 13.1. The lowest BCUT2D eigenvalue weighted by Gasteiger charge is -2.40. The Labute approximate surface area is 206 Å². The SMILES string of the molecule is COc1ccc2nc(C)c(C#N)c(N3CCC(C(=O)N4CCN(C(=N)C(F)(F)F)C(=N)C4)CC3)c2c1. The lowest BCUT2D eigenvalue weighted by molar-refractivity contribution is -0.136. The third-order valence-electron chi connectivity index (χ3n) is 6.73. The zero-order valence-electron chi connectivity index (χ0n) is 19.9. The van der Waals surface area contributed by atoms with E-state index in [0.717, 1.165) is 16.6 Å². The number of piperazine rings is 1. The van der Waals surface area contributed by atoms with Crippen LogP contribution >= 0.6 is 0 Å². The van der Waals surface area contributed by atoms with Crippen LogP contribution in [0.4, 0.5) is 18.9 Å². The number of hydrogen-bond donors (Lipinski definition) is 2. The summed E-state index contributed by atoms with van der Waals surface area (Å²) in [5.41, 5.74) is 2.58. The summed E-state index contributed by atoms with van der Waals surface area (Å²) in [5, 5.41) is 25.9. The minimum atomic E-state index is -4.84. The van der Waals surface area contributed by atoms with Crippen LogP contribution in [-0.4, -0.2) is 78.4 Å². The van der Waals surface area contributed by atoms with Gasteiger partial charge in [-0.25, -0.2) is 0 Å². The molecule has 2 aliphatic heterocycles. The molecule has 0 unspecified atom stereocenters. The van der Waals surface area contributed by atoms with E-state index in [1.165, 1.54) is 4.90 Å². The van der Waals surface area contributed by atoms with Crippen molar-refractivity contribution in [3.05, 3.63) is 29.5 Å². The number of piperidine rings is 1. The van der Waals surface area contributed by atoms with E-state index < -0.39 is 17.8 Å². The number of nitrogens with zero attached hydrogens (tertiary/aromatic N) is 5. The van der Waals surface area contributed by atoms with E-state index in [-0.39, 0.29) is 31.5 Å². The van der Waals surface area contributed by atoms with E-state index in [4.69, 9.17) is 15.6 Å². The Balaban J connectivity index is 1.48. The molecule has 0 atom stereocenters. The first-order valence-electron chi connectivity index (χ1n) is 11.5. The first-order valence-corrected chi connectivity index (χ1v) is 11.5. The number of ether oxygens (including phenoxy) is 1. The van der Waals surface area contributed by atoms with Crippen molar-refractivity contribution in [1.82, 2.24) is 14.8 Å². The molecule has 36 heavy (non-hydrogen) atoms. The van der Waals surface area contributed by atoms with Gasteiger partial charge in [-0.1, -0.05) is 0 Å². The van der Waals surface area contributed by atoms with Gasteiger partial charge in [-0.15, -0.1) is 0 Å². The number of alkyl halides is 3. The molecule has 1 aromatic heterocycles. The molecule has 12 heteroatoms. The third-order valence-corrected chi connectivity index (χ3v) is 6.73. The molecule has 0 radical (unpaired) electrons. The van der Waals surface area contributed by atoms with E-state index in [2.05, 4.69) is 16.0 Å². The van der Waals surface area contributed by atoms with Gasteiger partial charge in [0.1, 0.15) is 17.7 Å². The predicted molar refractivity (Wildman–Crippen MR) is 127 cm³/mol. The van der Waals surface area contributed by atoms with Gasteiger partial charge in [0.2, 0.25) is 11.7 Å². The highest BCUT2D eigenvalue weighted by atomic mass is 19.4. The Kier molecular flexibility index (Phi) is 6.75. The topological polar surface area (TPSA) is 120 Å². The van der Waals surface area contributed by atoms with Crippen LogP contribution in [-0.2, 0) is 4.79 Å². The normalized spacial score (nSPS) is 17.3. The van der Waals surface area contributed by atoms with Gasteiger partial charge in [-0.3, -0.25) is 20.6 Å². The van der Waals surface area contributed by atoms with Crippen LogP contribution in [0.25, 0.3) is 10.9 Å².